The molecule has 0 spiro atoms. The van der Waals surface area contributed by atoms with Gasteiger partial charge in [0.15, 0.2) is 11.2 Å². The Morgan fingerprint density at radius 1 is 1.43 bits per heavy atom. The average molecular weight is 335 g/mol. The number of para-hydroxylation sites is 2. The lowest BCUT2D eigenvalue weighted by Crippen LogP contribution is -2.53. The van der Waals surface area contributed by atoms with Crippen LogP contribution in [0.4, 0.5) is 5.69 Å². The number of rotatable bonds is 3. The van der Waals surface area contributed by atoms with Gasteiger partial charge < -0.3 is 25.0 Å². The maximum atomic E-state index is 12.0. The molecule has 1 aromatic carbocycles. The first kappa shape index (κ1) is 16.0. The monoisotopic (exact) mass is 335 g/mol. The molecule has 2 aliphatic rings. The van der Waals surface area contributed by atoms with E-state index in [1.54, 1.807) is 7.05 Å². The highest BCUT2D eigenvalue weighted by Crippen LogP contribution is 2.33. The van der Waals surface area contributed by atoms with E-state index in [4.69, 9.17) is 21.7 Å². The van der Waals surface area contributed by atoms with E-state index >= 15 is 0 Å². The lowest BCUT2D eigenvalue weighted by atomic mass is 10.2. The highest BCUT2D eigenvalue weighted by atomic mass is 32.1. The molecule has 124 valence electrons. The molecule has 0 aromatic heterocycles. The second kappa shape index (κ2) is 7.14. The topological polar surface area (TPSA) is 62.8 Å². The van der Waals surface area contributed by atoms with Crippen LogP contribution in [-0.4, -0.2) is 50.0 Å². The summed E-state index contributed by atoms with van der Waals surface area (Å²) in [6.45, 7) is 1.88. The van der Waals surface area contributed by atoms with Crippen LogP contribution in [0.5, 0.6) is 5.75 Å². The third-order valence-electron chi connectivity index (χ3n) is 4.06. The van der Waals surface area contributed by atoms with Crippen molar-refractivity contribution in [1.29, 1.82) is 0 Å². The van der Waals surface area contributed by atoms with Crippen molar-refractivity contribution in [2.45, 2.75) is 25.0 Å². The fourth-order valence-electron chi connectivity index (χ4n) is 2.83. The molecule has 0 aliphatic carbocycles. The van der Waals surface area contributed by atoms with Crippen molar-refractivity contribution < 1.29 is 14.3 Å². The Bertz CT molecular complexity index is 590. The van der Waals surface area contributed by atoms with Crippen LogP contribution in [0.15, 0.2) is 24.3 Å². The molecule has 2 heterocycles. The minimum absolute atomic E-state index is 0.161. The number of hydrogen-bond donors (Lipinski definition) is 2. The summed E-state index contributed by atoms with van der Waals surface area (Å²) in [6.07, 6.45) is 1.77. The molecule has 0 bridgehead atoms. The van der Waals surface area contributed by atoms with Crippen LogP contribution < -0.4 is 20.3 Å². The largest absolute Gasteiger partial charge is 0.477 e. The standard InChI is InChI=1S/C16H21N3O3S/c1-17-15(20)14-10-19(12-6-2-3-7-13(12)22-14)16(23)18-9-11-5-4-8-21-11/h2-3,6-7,11,14H,4-5,8-10H2,1H3,(H,17,20)(H,18,23)/t11-,14-/m0/s1. The molecule has 1 fully saturated rings. The summed E-state index contributed by atoms with van der Waals surface area (Å²) in [6, 6.07) is 7.60. The first-order valence-corrected chi connectivity index (χ1v) is 8.24. The Labute approximate surface area is 141 Å². The summed E-state index contributed by atoms with van der Waals surface area (Å²) in [5, 5.41) is 6.47. The predicted molar refractivity (Wildman–Crippen MR) is 91.8 cm³/mol. The van der Waals surface area contributed by atoms with Gasteiger partial charge >= 0.3 is 0 Å². The fraction of sp³-hybridized carbons (Fsp3) is 0.500. The normalized spacial score (nSPS) is 22.9. The summed E-state index contributed by atoms with van der Waals surface area (Å²) < 4.78 is 11.4. The maximum Gasteiger partial charge on any atom is 0.262 e. The van der Waals surface area contributed by atoms with Gasteiger partial charge in [0, 0.05) is 20.2 Å². The van der Waals surface area contributed by atoms with Crippen LogP contribution >= 0.6 is 12.2 Å². The second-order valence-electron chi connectivity index (χ2n) is 5.62. The lowest BCUT2D eigenvalue weighted by molar-refractivity contribution is -0.127. The summed E-state index contributed by atoms with van der Waals surface area (Å²) in [4.78, 5) is 13.9. The molecule has 3 rings (SSSR count). The van der Waals surface area contributed by atoms with Crippen LogP contribution in [-0.2, 0) is 9.53 Å². The smallest absolute Gasteiger partial charge is 0.262 e. The van der Waals surface area contributed by atoms with Gasteiger partial charge in [-0.15, -0.1) is 0 Å². The van der Waals surface area contributed by atoms with Gasteiger partial charge in [-0.05, 0) is 37.2 Å². The number of amides is 1. The van der Waals surface area contributed by atoms with E-state index < -0.39 is 6.10 Å². The number of nitrogens with one attached hydrogen (secondary N) is 2. The number of likely N-dealkylation sites (N-methyl/N-ethyl adjacent to an activating group) is 1. The molecule has 6 nitrogen and oxygen atoms in total. The van der Waals surface area contributed by atoms with E-state index in [1.165, 1.54) is 0 Å². The van der Waals surface area contributed by atoms with Crippen LogP contribution in [0.2, 0.25) is 0 Å². The molecule has 2 aliphatic heterocycles. The van der Waals surface area contributed by atoms with Gasteiger partial charge in [-0.25, -0.2) is 0 Å². The number of benzene rings is 1. The van der Waals surface area contributed by atoms with Crippen LogP contribution in [0.25, 0.3) is 0 Å². The molecule has 7 heteroatoms. The van der Waals surface area contributed by atoms with E-state index in [9.17, 15) is 4.79 Å². The molecular formula is C16H21N3O3S. The Hall–Kier alpha value is -1.86. The van der Waals surface area contributed by atoms with E-state index in [0.717, 1.165) is 25.1 Å². The number of hydrogen-bond acceptors (Lipinski definition) is 4. The van der Waals surface area contributed by atoms with E-state index in [-0.39, 0.29) is 12.0 Å². The third-order valence-corrected chi connectivity index (χ3v) is 4.43. The number of nitrogens with zero attached hydrogens (tertiary/aromatic N) is 1. The van der Waals surface area contributed by atoms with Crippen molar-refractivity contribution in [3.05, 3.63) is 24.3 Å². The molecule has 0 saturated carbocycles. The molecule has 0 unspecified atom stereocenters. The molecule has 1 amide bonds. The number of thiocarbonyl (C=S) groups is 1. The summed E-state index contributed by atoms with van der Waals surface area (Å²) >= 11 is 5.53. The molecule has 23 heavy (non-hydrogen) atoms. The summed E-state index contributed by atoms with van der Waals surface area (Å²) in [5.41, 5.74) is 0.873. The zero-order chi connectivity index (χ0) is 16.2. The van der Waals surface area contributed by atoms with Gasteiger partial charge in [-0.1, -0.05) is 12.1 Å². The molecule has 2 atom stereocenters. The number of ether oxygens (including phenoxy) is 2. The number of carbonyl (C=O) groups excluding carboxylic acids is 1. The number of fused-ring (bicyclic) bond motifs is 1. The second-order valence-corrected chi connectivity index (χ2v) is 6.01. The zero-order valence-corrected chi connectivity index (χ0v) is 13.9. The van der Waals surface area contributed by atoms with Crippen LogP contribution in [0.1, 0.15) is 12.8 Å². The van der Waals surface area contributed by atoms with Gasteiger partial charge in [0.1, 0.15) is 5.75 Å². The van der Waals surface area contributed by atoms with Gasteiger partial charge in [0.05, 0.1) is 18.3 Å². The Morgan fingerprint density at radius 3 is 3.00 bits per heavy atom. The Balaban J connectivity index is 1.73. The van der Waals surface area contributed by atoms with Gasteiger partial charge in [-0.3, -0.25) is 4.79 Å². The van der Waals surface area contributed by atoms with Crippen molar-refractivity contribution in [3.8, 4) is 5.75 Å². The zero-order valence-electron chi connectivity index (χ0n) is 13.1. The Kier molecular flexibility index (Phi) is 4.97. The van der Waals surface area contributed by atoms with Gasteiger partial charge in [0.25, 0.3) is 5.91 Å². The van der Waals surface area contributed by atoms with Gasteiger partial charge in [-0.2, -0.15) is 0 Å². The molecule has 2 N–H and O–H groups in total. The molecular weight excluding hydrogens is 314 g/mol. The number of anilines is 1. The van der Waals surface area contributed by atoms with Crippen molar-refractivity contribution >= 4 is 28.9 Å². The van der Waals surface area contributed by atoms with Gasteiger partial charge in [0.2, 0.25) is 0 Å². The maximum absolute atomic E-state index is 12.0. The van der Waals surface area contributed by atoms with Crippen LogP contribution in [0, 0.1) is 0 Å². The van der Waals surface area contributed by atoms with E-state index in [2.05, 4.69) is 10.6 Å². The van der Waals surface area contributed by atoms with Crippen molar-refractivity contribution in [3.63, 3.8) is 0 Å². The number of carbonyl (C=O) groups is 1. The first-order chi connectivity index (χ1) is 11.2. The van der Waals surface area contributed by atoms with E-state index in [1.807, 2.05) is 29.2 Å². The fourth-order valence-corrected chi connectivity index (χ4v) is 3.08. The Morgan fingerprint density at radius 2 is 2.26 bits per heavy atom. The first-order valence-electron chi connectivity index (χ1n) is 7.83. The SMILES string of the molecule is CNC(=O)[C@@H]1CN(C(=S)NC[C@@H]2CCCO2)c2ccccc2O1. The lowest BCUT2D eigenvalue weighted by Gasteiger charge is -2.35. The van der Waals surface area contributed by atoms with Crippen molar-refractivity contribution in [2.24, 2.45) is 0 Å². The minimum atomic E-state index is -0.586. The summed E-state index contributed by atoms with van der Waals surface area (Å²) in [5.74, 6) is 0.500. The van der Waals surface area contributed by atoms with Crippen molar-refractivity contribution in [2.75, 3.05) is 31.6 Å². The third kappa shape index (κ3) is 3.56. The van der Waals surface area contributed by atoms with E-state index in [0.29, 0.717) is 24.0 Å². The minimum Gasteiger partial charge on any atom is -0.477 e. The summed E-state index contributed by atoms with van der Waals surface area (Å²) in [7, 11) is 1.60. The average Bonchev–Trinajstić information content (AvgIpc) is 3.11. The molecule has 0 radical (unpaired) electrons. The molecule has 1 saturated heterocycles. The molecule has 1 aromatic rings. The predicted octanol–water partition coefficient (Wildman–Crippen LogP) is 1.05. The highest BCUT2D eigenvalue weighted by Gasteiger charge is 2.32. The van der Waals surface area contributed by atoms with Crippen LogP contribution in [0.3, 0.4) is 0 Å². The quantitative estimate of drug-likeness (QED) is 0.805. The van der Waals surface area contributed by atoms with Crippen molar-refractivity contribution in [1.82, 2.24) is 10.6 Å². The highest BCUT2D eigenvalue weighted by molar-refractivity contribution is 7.80.